The summed E-state index contributed by atoms with van der Waals surface area (Å²) >= 11 is 0. The van der Waals surface area contributed by atoms with Gasteiger partial charge < -0.3 is 0 Å². The van der Waals surface area contributed by atoms with Crippen LogP contribution in [-0.2, 0) is 0 Å². The first-order chi connectivity index (χ1) is 17.3. The van der Waals surface area contributed by atoms with Gasteiger partial charge in [-0.1, -0.05) is 103 Å². The summed E-state index contributed by atoms with van der Waals surface area (Å²) in [7, 11) is 0. The van der Waals surface area contributed by atoms with Gasteiger partial charge in [-0.15, -0.1) is 0 Å². The van der Waals surface area contributed by atoms with E-state index >= 15 is 0 Å². The number of nitrogens with zero attached hydrogens (tertiary/aromatic N) is 1. The zero-order chi connectivity index (χ0) is 23.4. The first-order valence-corrected chi connectivity index (χ1v) is 12.2. The summed E-state index contributed by atoms with van der Waals surface area (Å²) in [5.74, 6) is 0. The van der Waals surface area contributed by atoms with Crippen molar-refractivity contribution >= 4 is 48.8 Å². The van der Waals surface area contributed by atoms with Crippen LogP contribution >= 0.6 is 0 Å². The molecular weight excluding hydrogens is 426 g/mol. The summed E-state index contributed by atoms with van der Waals surface area (Å²) < 4.78 is 1.94. The van der Waals surface area contributed by atoms with Gasteiger partial charge in [0.1, 0.15) is 0 Å². The molecule has 1 aliphatic rings. The lowest BCUT2D eigenvalue weighted by molar-refractivity contribution is 1.04. The van der Waals surface area contributed by atoms with Gasteiger partial charge >= 0.3 is 0 Å². The zero-order valence-corrected chi connectivity index (χ0v) is 19.2. The van der Waals surface area contributed by atoms with Gasteiger partial charge in [0.2, 0.25) is 0 Å². The van der Waals surface area contributed by atoms with Crippen LogP contribution in [0.5, 0.6) is 0 Å². The molecule has 0 saturated heterocycles. The SMILES string of the molecule is O=c1c2ccccc2c2ccccc2n1-c1c2ccccc2c(C2=CCCC=C2)c2ccccc12. The van der Waals surface area contributed by atoms with Crippen molar-refractivity contribution in [1.82, 2.24) is 4.57 Å². The minimum atomic E-state index is 0.0131. The highest BCUT2D eigenvalue weighted by atomic mass is 16.1. The van der Waals surface area contributed by atoms with Gasteiger partial charge in [-0.05, 0) is 52.3 Å². The number of pyridine rings is 1. The Bertz CT molecular complexity index is 1860. The molecule has 0 spiro atoms. The van der Waals surface area contributed by atoms with Crippen LogP contribution in [0.2, 0.25) is 0 Å². The second-order valence-corrected chi connectivity index (χ2v) is 9.16. The number of allylic oxidation sites excluding steroid dienone is 4. The molecule has 0 fully saturated rings. The Kier molecular flexibility index (Phi) is 4.46. The van der Waals surface area contributed by atoms with Crippen molar-refractivity contribution in [3.63, 3.8) is 0 Å². The Hall–Kier alpha value is -4.43. The van der Waals surface area contributed by atoms with E-state index in [0.29, 0.717) is 0 Å². The third-order valence-electron chi connectivity index (χ3n) is 7.21. The summed E-state index contributed by atoms with van der Waals surface area (Å²) in [6.07, 6.45) is 8.97. The maximum atomic E-state index is 14.2. The lowest BCUT2D eigenvalue weighted by Gasteiger charge is -2.21. The average molecular weight is 450 g/mol. The van der Waals surface area contributed by atoms with E-state index < -0.39 is 0 Å². The van der Waals surface area contributed by atoms with Gasteiger partial charge in [0, 0.05) is 21.5 Å². The number of para-hydroxylation sites is 1. The Morgan fingerprint density at radius 2 is 1.09 bits per heavy atom. The van der Waals surface area contributed by atoms with Crippen molar-refractivity contribution in [2.75, 3.05) is 0 Å². The Labute approximate surface area is 203 Å². The van der Waals surface area contributed by atoms with E-state index in [1.165, 1.54) is 21.9 Å². The first kappa shape index (κ1) is 20.0. The largest absolute Gasteiger partial charge is 0.275 e. The van der Waals surface area contributed by atoms with E-state index in [2.05, 4.69) is 78.9 Å². The molecule has 35 heavy (non-hydrogen) atoms. The third-order valence-corrected chi connectivity index (χ3v) is 7.21. The predicted octanol–water partition coefficient (Wildman–Crippen LogP) is 8.18. The van der Waals surface area contributed by atoms with Crippen molar-refractivity contribution in [3.05, 3.63) is 131 Å². The van der Waals surface area contributed by atoms with Crippen molar-refractivity contribution < 1.29 is 0 Å². The molecule has 7 rings (SSSR count). The number of rotatable bonds is 2. The Morgan fingerprint density at radius 1 is 0.543 bits per heavy atom. The number of fused-ring (bicyclic) bond motifs is 5. The maximum absolute atomic E-state index is 14.2. The molecule has 2 nitrogen and oxygen atoms in total. The van der Waals surface area contributed by atoms with Crippen LogP contribution in [0.15, 0.2) is 120 Å². The first-order valence-electron chi connectivity index (χ1n) is 12.2. The molecule has 0 N–H and O–H groups in total. The van der Waals surface area contributed by atoms with Crippen LogP contribution in [-0.4, -0.2) is 4.57 Å². The molecule has 0 bridgehead atoms. The maximum Gasteiger partial charge on any atom is 0.263 e. The van der Waals surface area contributed by atoms with Crippen LogP contribution in [0.1, 0.15) is 18.4 Å². The Morgan fingerprint density at radius 3 is 1.71 bits per heavy atom. The zero-order valence-electron chi connectivity index (χ0n) is 19.2. The van der Waals surface area contributed by atoms with E-state index in [1.807, 2.05) is 41.0 Å². The second-order valence-electron chi connectivity index (χ2n) is 9.16. The molecular formula is C33H23NO. The molecule has 0 atom stereocenters. The molecule has 1 aliphatic carbocycles. The molecule has 2 heteroatoms. The highest BCUT2D eigenvalue weighted by Gasteiger charge is 2.20. The van der Waals surface area contributed by atoms with Gasteiger partial charge in [0.05, 0.1) is 11.2 Å². The normalized spacial score (nSPS) is 13.7. The van der Waals surface area contributed by atoms with E-state index in [-0.39, 0.29) is 5.56 Å². The van der Waals surface area contributed by atoms with Crippen LogP contribution < -0.4 is 5.56 Å². The standard InChI is InChI=1S/C33H23NO/c35-33-29-20-9-4-14-23(29)24-15-10-11-21-30(24)34(33)32-27-18-7-5-16-25(27)31(22-12-2-1-3-13-22)26-17-6-8-19-28(26)32/h2,4-21H,1,3H2. The third kappa shape index (κ3) is 2.93. The molecule has 5 aromatic carbocycles. The van der Waals surface area contributed by atoms with Crippen LogP contribution in [0.3, 0.4) is 0 Å². The predicted molar refractivity (Wildman–Crippen MR) is 148 cm³/mol. The van der Waals surface area contributed by atoms with Crippen molar-refractivity contribution in [3.8, 4) is 5.69 Å². The Balaban J connectivity index is 1.74. The minimum absolute atomic E-state index is 0.0131. The van der Waals surface area contributed by atoms with Crippen molar-refractivity contribution in [2.45, 2.75) is 12.8 Å². The van der Waals surface area contributed by atoms with E-state index in [1.54, 1.807) is 0 Å². The summed E-state index contributed by atoms with van der Waals surface area (Å²) in [5, 5.41) is 7.32. The summed E-state index contributed by atoms with van der Waals surface area (Å²) in [5.41, 5.74) is 4.39. The van der Waals surface area contributed by atoms with Crippen LogP contribution in [0.4, 0.5) is 0 Å². The average Bonchev–Trinajstić information content (AvgIpc) is 2.93. The summed E-state index contributed by atoms with van der Waals surface area (Å²) in [6, 6.07) is 33.2. The van der Waals surface area contributed by atoms with Crippen LogP contribution in [0, 0.1) is 0 Å². The fraction of sp³-hybridized carbons (Fsp3) is 0.0606. The molecule has 0 amide bonds. The molecule has 166 valence electrons. The van der Waals surface area contributed by atoms with Gasteiger partial charge in [0.15, 0.2) is 0 Å². The van der Waals surface area contributed by atoms with Crippen molar-refractivity contribution in [2.24, 2.45) is 0 Å². The van der Waals surface area contributed by atoms with Gasteiger partial charge in [-0.3, -0.25) is 9.36 Å². The van der Waals surface area contributed by atoms with E-state index in [4.69, 9.17) is 0 Å². The fourth-order valence-electron chi connectivity index (χ4n) is 5.71. The second kappa shape index (κ2) is 7.82. The topological polar surface area (TPSA) is 22.0 Å². The molecule has 0 saturated carbocycles. The van der Waals surface area contributed by atoms with Crippen molar-refractivity contribution in [1.29, 1.82) is 0 Å². The molecule has 0 radical (unpaired) electrons. The van der Waals surface area contributed by atoms with Gasteiger partial charge in [0.25, 0.3) is 5.56 Å². The number of aromatic nitrogens is 1. The molecule has 6 aromatic rings. The van der Waals surface area contributed by atoms with Gasteiger partial charge in [-0.25, -0.2) is 0 Å². The quantitative estimate of drug-likeness (QED) is 0.193. The summed E-state index contributed by atoms with van der Waals surface area (Å²) in [6.45, 7) is 0. The van der Waals surface area contributed by atoms with Gasteiger partial charge in [-0.2, -0.15) is 0 Å². The monoisotopic (exact) mass is 449 g/mol. The highest BCUT2D eigenvalue weighted by Crippen LogP contribution is 2.40. The highest BCUT2D eigenvalue weighted by molar-refractivity contribution is 6.17. The van der Waals surface area contributed by atoms with E-state index in [0.717, 1.165) is 51.0 Å². The molecule has 1 aromatic heterocycles. The number of hydrogen-bond acceptors (Lipinski definition) is 1. The lowest BCUT2D eigenvalue weighted by atomic mass is 9.88. The molecule has 0 unspecified atom stereocenters. The fourth-order valence-corrected chi connectivity index (χ4v) is 5.71. The number of benzene rings is 5. The number of hydrogen-bond donors (Lipinski definition) is 0. The smallest absolute Gasteiger partial charge is 0.263 e. The lowest BCUT2D eigenvalue weighted by Crippen LogP contribution is -2.20. The molecule has 1 heterocycles. The summed E-state index contributed by atoms with van der Waals surface area (Å²) in [4.78, 5) is 14.2. The van der Waals surface area contributed by atoms with Crippen LogP contribution in [0.25, 0.3) is 54.5 Å². The van der Waals surface area contributed by atoms with E-state index in [9.17, 15) is 4.79 Å². The minimum Gasteiger partial charge on any atom is -0.275 e. The molecule has 0 aliphatic heterocycles.